The van der Waals surface area contributed by atoms with E-state index in [-0.39, 0.29) is 5.41 Å². The molecule has 0 heterocycles. The first kappa shape index (κ1) is 18.4. The molecular weight excluding hydrogens is 308 g/mol. The van der Waals surface area contributed by atoms with Crippen LogP contribution in [0.15, 0.2) is 29.2 Å². The van der Waals surface area contributed by atoms with Crippen LogP contribution in [-0.4, -0.2) is 21.5 Å². The SMILES string of the molecule is CC(C)(C)c1ccc(S(=O)(=O)NC[C@H]2CC[C@H](CN)CC2)cc1. The van der Waals surface area contributed by atoms with Crippen LogP contribution in [0.1, 0.15) is 52.0 Å². The molecule has 1 fully saturated rings. The Morgan fingerprint density at radius 1 is 1.04 bits per heavy atom. The Kier molecular flexibility index (Phi) is 5.87. The lowest BCUT2D eigenvalue weighted by Gasteiger charge is -2.27. The maximum atomic E-state index is 12.4. The summed E-state index contributed by atoms with van der Waals surface area (Å²) < 4.78 is 27.6. The maximum absolute atomic E-state index is 12.4. The first-order valence-corrected chi connectivity index (χ1v) is 10.0. The summed E-state index contributed by atoms with van der Waals surface area (Å²) in [5, 5.41) is 0. The zero-order valence-electron chi connectivity index (χ0n) is 14.5. The van der Waals surface area contributed by atoms with E-state index >= 15 is 0 Å². The van der Waals surface area contributed by atoms with E-state index in [9.17, 15) is 8.42 Å². The van der Waals surface area contributed by atoms with E-state index in [1.54, 1.807) is 12.1 Å². The number of rotatable bonds is 5. The molecule has 1 aliphatic rings. The van der Waals surface area contributed by atoms with Crippen molar-refractivity contribution in [1.82, 2.24) is 4.72 Å². The van der Waals surface area contributed by atoms with Gasteiger partial charge in [0.2, 0.25) is 10.0 Å². The molecule has 0 aromatic heterocycles. The van der Waals surface area contributed by atoms with Crippen molar-refractivity contribution in [2.45, 2.75) is 56.8 Å². The Labute approximate surface area is 140 Å². The van der Waals surface area contributed by atoms with E-state index in [1.165, 1.54) is 0 Å². The van der Waals surface area contributed by atoms with Gasteiger partial charge >= 0.3 is 0 Å². The van der Waals surface area contributed by atoms with Gasteiger partial charge in [0.05, 0.1) is 4.90 Å². The van der Waals surface area contributed by atoms with Gasteiger partial charge in [0.25, 0.3) is 0 Å². The molecule has 0 aliphatic heterocycles. The third-order valence-electron chi connectivity index (χ3n) is 4.89. The number of sulfonamides is 1. The van der Waals surface area contributed by atoms with Crippen LogP contribution in [0.4, 0.5) is 0 Å². The molecule has 1 saturated carbocycles. The fourth-order valence-corrected chi connectivity index (χ4v) is 4.23. The molecule has 0 atom stereocenters. The van der Waals surface area contributed by atoms with Crippen LogP contribution < -0.4 is 10.5 Å². The number of nitrogens with two attached hydrogens (primary N) is 1. The third kappa shape index (κ3) is 5.03. The van der Waals surface area contributed by atoms with Crippen molar-refractivity contribution >= 4 is 10.0 Å². The van der Waals surface area contributed by atoms with Crippen LogP contribution >= 0.6 is 0 Å². The minimum absolute atomic E-state index is 0.0251. The maximum Gasteiger partial charge on any atom is 0.240 e. The Morgan fingerprint density at radius 2 is 1.57 bits per heavy atom. The van der Waals surface area contributed by atoms with Crippen LogP contribution in [0.2, 0.25) is 0 Å². The number of nitrogens with one attached hydrogen (secondary N) is 1. The van der Waals surface area contributed by atoms with Gasteiger partial charge in [0, 0.05) is 6.54 Å². The van der Waals surface area contributed by atoms with E-state index in [1.807, 2.05) is 12.1 Å². The fraction of sp³-hybridized carbons (Fsp3) is 0.667. The van der Waals surface area contributed by atoms with Crippen molar-refractivity contribution in [3.05, 3.63) is 29.8 Å². The smallest absolute Gasteiger partial charge is 0.240 e. The summed E-state index contributed by atoms with van der Waals surface area (Å²) >= 11 is 0. The molecule has 23 heavy (non-hydrogen) atoms. The molecule has 2 rings (SSSR count). The van der Waals surface area contributed by atoms with Gasteiger partial charge in [-0.25, -0.2) is 13.1 Å². The predicted molar refractivity (Wildman–Crippen MR) is 94.8 cm³/mol. The lowest BCUT2D eigenvalue weighted by molar-refractivity contribution is 0.280. The minimum atomic E-state index is -3.42. The molecule has 4 nitrogen and oxygen atoms in total. The molecule has 0 radical (unpaired) electrons. The van der Waals surface area contributed by atoms with Gasteiger partial charge in [0.1, 0.15) is 0 Å². The van der Waals surface area contributed by atoms with Crippen molar-refractivity contribution in [2.75, 3.05) is 13.1 Å². The summed E-state index contributed by atoms with van der Waals surface area (Å²) in [6.07, 6.45) is 4.35. The lowest BCUT2D eigenvalue weighted by Crippen LogP contribution is -2.32. The minimum Gasteiger partial charge on any atom is -0.330 e. The van der Waals surface area contributed by atoms with Gasteiger partial charge in [-0.3, -0.25) is 0 Å². The Bertz CT molecular complexity index is 595. The summed E-state index contributed by atoms with van der Waals surface area (Å²) in [4.78, 5) is 0.348. The molecule has 0 spiro atoms. The highest BCUT2D eigenvalue weighted by molar-refractivity contribution is 7.89. The van der Waals surface area contributed by atoms with Gasteiger partial charge < -0.3 is 5.73 Å². The zero-order chi connectivity index (χ0) is 17.1. The quantitative estimate of drug-likeness (QED) is 0.867. The number of hydrogen-bond acceptors (Lipinski definition) is 3. The van der Waals surface area contributed by atoms with E-state index < -0.39 is 10.0 Å². The zero-order valence-corrected chi connectivity index (χ0v) is 15.3. The molecule has 0 saturated heterocycles. The molecule has 0 unspecified atom stereocenters. The predicted octanol–water partition coefficient (Wildman–Crippen LogP) is 3.03. The standard InChI is InChI=1S/C18H30N2O2S/c1-18(2,3)16-8-10-17(11-9-16)23(21,22)20-13-15-6-4-14(12-19)5-7-15/h8-11,14-15,20H,4-7,12-13,19H2,1-3H3/t14-,15-. The van der Waals surface area contributed by atoms with Crippen LogP contribution in [0.25, 0.3) is 0 Å². The molecule has 1 aromatic rings. The average molecular weight is 339 g/mol. The number of hydrogen-bond donors (Lipinski definition) is 2. The highest BCUT2D eigenvalue weighted by Crippen LogP contribution is 2.28. The van der Waals surface area contributed by atoms with Gasteiger partial charge in [-0.2, -0.15) is 0 Å². The Balaban J connectivity index is 1.94. The third-order valence-corrected chi connectivity index (χ3v) is 6.33. The molecule has 1 aromatic carbocycles. The van der Waals surface area contributed by atoms with E-state index in [0.717, 1.165) is 37.8 Å². The molecule has 0 amide bonds. The average Bonchev–Trinajstić information content (AvgIpc) is 2.53. The highest BCUT2D eigenvalue weighted by Gasteiger charge is 2.23. The van der Waals surface area contributed by atoms with E-state index in [0.29, 0.717) is 23.3 Å². The molecular formula is C18H30N2O2S. The first-order chi connectivity index (χ1) is 10.7. The van der Waals surface area contributed by atoms with Crippen LogP contribution in [0, 0.1) is 11.8 Å². The fourth-order valence-electron chi connectivity index (χ4n) is 3.12. The first-order valence-electron chi connectivity index (χ1n) is 8.52. The topological polar surface area (TPSA) is 72.2 Å². The van der Waals surface area contributed by atoms with Gasteiger partial charge in [0.15, 0.2) is 0 Å². The molecule has 3 N–H and O–H groups in total. The number of benzene rings is 1. The van der Waals surface area contributed by atoms with Crippen molar-refractivity contribution in [3.63, 3.8) is 0 Å². The lowest BCUT2D eigenvalue weighted by atomic mass is 9.82. The molecule has 5 heteroatoms. The van der Waals surface area contributed by atoms with E-state index in [2.05, 4.69) is 25.5 Å². The molecule has 1 aliphatic carbocycles. The van der Waals surface area contributed by atoms with Crippen molar-refractivity contribution in [2.24, 2.45) is 17.6 Å². The highest BCUT2D eigenvalue weighted by atomic mass is 32.2. The van der Waals surface area contributed by atoms with Crippen molar-refractivity contribution in [1.29, 1.82) is 0 Å². The van der Waals surface area contributed by atoms with Crippen molar-refractivity contribution in [3.8, 4) is 0 Å². The molecule has 0 bridgehead atoms. The van der Waals surface area contributed by atoms with Crippen molar-refractivity contribution < 1.29 is 8.42 Å². The van der Waals surface area contributed by atoms with Gasteiger partial charge in [-0.1, -0.05) is 32.9 Å². The summed E-state index contributed by atoms with van der Waals surface area (Å²) in [6, 6.07) is 7.21. The van der Waals surface area contributed by atoms with Crippen LogP contribution in [0.3, 0.4) is 0 Å². The van der Waals surface area contributed by atoms with E-state index in [4.69, 9.17) is 5.73 Å². The molecule has 130 valence electrons. The van der Waals surface area contributed by atoms with Crippen LogP contribution in [-0.2, 0) is 15.4 Å². The van der Waals surface area contributed by atoms with Crippen LogP contribution in [0.5, 0.6) is 0 Å². The second-order valence-corrected chi connectivity index (χ2v) is 9.52. The summed E-state index contributed by atoms with van der Waals surface area (Å²) in [6.45, 7) is 7.63. The van der Waals surface area contributed by atoms with Gasteiger partial charge in [-0.15, -0.1) is 0 Å². The normalized spacial score (nSPS) is 23.0. The largest absolute Gasteiger partial charge is 0.330 e. The van der Waals surface area contributed by atoms with Gasteiger partial charge in [-0.05, 0) is 67.2 Å². The summed E-state index contributed by atoms with van der Waals surface area (Å²) in [5.41, 5.74) is 6.86. The second-order valence-electron chi connectivity index (χ2n) is 7.75. The second kappa shape index (κ2) is 7.32. The Hall–Kier alpha value is -0.910. The summed E-state index contributed by atoms with van der Waals surface area (Å²) in [7, 11) is -3.42. The monoisotopic (exact) mass is 338 g/mol. The Morgan fingerprint density at radius 3 is 2.04 bits per heavy atom. The summed E-state index contributed by atoms with van der Waals surface area (Å²) in [5.74, 6) is 1.05.